The second-order valence-electron chi connectivity index (χ2n) is 6.47. The van der Waals surface area contributed by atoms with E-state index in [2.05, 4.69) is 10.6 Å². The summed E-state index contributed by atoms with van der Waals surface area (Å²) in [5.41, 5.74) is 2.21. The Labute approximate surface area is 180 Å². The average Bonchev–Trinajstić information content (AvgIpc) is 2.73. The lowest BCUT2D eigenvalue weighted by Crippen LogP contribution is -2.21. The van der Waals surface area contributed by atoms with Gasteiger partial charge in [-0.2, -0.15) is 0 Å². The van der Waals surface area contributed by atoms with E-state index in [0.717, 1.165) is 17.7 Å². The standard InChI is InChI=1S/C22H25ClN2O5/c1-3-15-7-4-5-8-17(15)24-20(26)9-6-10-22(28)30-14-21(27)25-18-13-16(23)11-12-19(18)29-2/h4-5,7-8,11-13H,3,6,9-10,14H2,1-2H3,(H,24,26)(H,25,27). The van der Waals surface area contributed by atoms with Crippen molar-refractivity contribution in [3.05, 3.63) is 53.1 Å². The van der Waals surface area contributed by atoms with Gasteiger partial charge in [0.25, 0.3) is 5.91 Å². The molecule has 2 rings (SSSR count). The third kappa shape index (κ3) is 7.40. The smallest absolute Gasteiger partial charge is 0.306 e. The largest absolute Gasteiger partial charge is 0.495 e. The normalized spacial score (nSPS) is 10.2. The minimum atomic E-state index is -0.551. The lowest BCUT2D eigenvalue weighted by atomic mass is 10.1. The summed E-state index contributed by atoms with van der Waals surface area (Å²) in [6.45, 7) is 1.57. The fraction of sp³-hybridized carbons (Fsp3) is 0.318. The number of hydrogen-bond donors (Lipinski definition) is 2. The van der Waals surface area contributed by atoms with E-state index in [1.165, 1.54) is 13.2 Å². The predicted molar refractivity (Wildman–Crippen MR) is 116 cm³/mol. The second kappa shape index (κ2) is 11.8. The molecule has 0 aliphatic carbocycles. The Morgan fingerprint density at radius 1 is 0.967 bits per heavy atom. The highest BCUT2D eigenvalue weighted by Crippen LogP contribution is 2.27. The molecule has 2 aromatic rings. The molecule has 2 N–H and O–H groups in total. The van der Waals surface area contributed by atoms with Crippen LogP contribution in [0.5, 0.6) is 5.75 Å². The summed E-state index contributed by atoms with van der Waals surface area (Å²) in [5, 5.41) is 5.86. The number of anilines is 2. The Hall–Kier alpha value is -3.06. The van der Waals surface area contributed by atoms with Crippen molar-refractivity contribution in [3.8, 4) is 5.75 Å². The number of para-hydroxylation sites is 1. The van der Waals surface area contributed by atoms with Crippen LogP contribution in [0.3, 0.4) is 0 Å². The summed E-state index contributed by atoms with van der Waals surface area (Å²) in [5.74, 6) is -0.799. The molecule has 0 heterocycles. The number of benzene rings is 2. The lowest BCUT2D eigenvalue weighted by Gasteiger charge is -2.11. The molecule has 0 saturated heterocycles. The van der Waals surface area contributed by atoms with Crippen LogP contribution < -0.4 is 15.4 Å². The van der Waals surface area contributed by atoms with Crippen LogP contribution >= 0.6 is 11.6 Å². The molecular formula is C22H25ClN2O5. The molecule has 0 fully saturated rings. The molecule has 0 bridgehead atoms. The van der Waals surface area contributed by atoms with Crippen LogP contribution in [0.15, 0.2) is 42.5 Å². The number of rotatable bonds is 10. The minimum Gasteiger partial charge on any atom is -0.495 e. The van der Waals surface area contributed by atoms with Crippen LogP contribution in [0, 0.1) is 0 Å². The first-order chi connectivity index (χ1) is 14.4. The Morgan fingerprint density at radius 3 is 2.43 bits per heavy atom. The number of hydrogen-bond acceptors (Lipinski definition) is 5. The highest BCUT2D eigenvalue weighted by atomic mass is 35.5. The predicted octanol–water partition coefficient (Wildman–Crippen LogP) is 4.20. The van der Waals surface area contributed by atoms with Gasteiger partial charge in [0.05, 0.1) is 12.8 Å². The topological polar surface area (TPSA) is 93.7 Å². The Balaban J connectivity index is 1.70. The molecule has 30 heavy (non-hydrogen) atoms. The zero-order valence-electron chi connectivity index (χ0n) is 17.0. The fourth-order valence-electron chi connectivity index (χ4n) is 2.74. The van der Waals surface area contributed by atoms with Crippen molar-refractivity contribution in [1.29, 1.82) is 0 Å². The molecule has 160 valence electrons. The number of carbonyl (C=O) groups is 3. The van der Waals surface area contributed by atoms with Gasteiger partial charge in [0.15, 0.2) is 6.61 Å². The molecule has 7 nitrogen and oxygen atoms in total. The minimum absolute atomic E-state index is 0.0383. The average molecular weight is 433 g/mol. The molecular weight excluding hydrogens is 408 g/mol. The Bertz CT molecular complexity index is 901. The van der Waals surface area contributed by atoms with Crippen molar-refractivity contribution in [2.75, 3.05) is 24.4 Å². The molecule has 0 atom stereocenters. The fourth-order valence-corrected chi connectivity index (χ4v) is 2.91. The van der Waals surface area contributed by atoms with Crippen LogP contribution in [0.1, 0.15) is 31.7 Å². The van der Waals surface area contributed by atoms with E-state index in [-0.39, 0.29) is 18.7 Å². The first kappa shape index (κ1) is 23.2. The van der Waals surface area contributed by atoms with E-state index in [4.69, 9.17) is 21.1 Å². The maximum absolute atomic E-state index is 12.1. The highest BCUT2D eigenvalue weighted by Gasteiger charge is 2.12. The molecule has 8 heteroatoms. The van der Waals surface area contributed by atoms with Gasteiger partial charge in [0, 0.05) is 23.6 Å². The molecule has 2 amide bonds. The zero-order valence-corrected chi connectivity index (χ0v) is 17.8. The van der Waals surface area contributed by atoms with Gasteiger partial charge in [-0.3, -0.25) is 14.4 Å². The van der Waals surface area contributed by atoms with Crippen LogP contribution in [-0.2, 0) is 25.5 Å². The van der Waals surface area contributed by atoms with Crippen molar-refractivity contribution in [3.63, 3.8) is 0 Å². The first-order valence-corrected chi connectivity index (χ1v) is 9.97. The van der Waals surface area contributed by atoms with E-state index in [0.29, 0.717) is 22.9 Å². The van der Waals surface area contributed by atoms with Crippen molar-refractivity contribution >= 4 is 40.8 Å². The van der Waals surface area contributed by atoms with Gasteiger partial charge in [-0.05, 0) is 42.7 Å². The summed E-state index contributed by atoms with van der Waals surface area (Å²) in [6.07, 6.45) is 1.35. The Morgan fingerprint density at radius 2 is 1.70 bits per heavy atom. The van der Waals surface area contributed by atoms with Gasteiger partial charge in [-0.1, -0.05) is 36.7 Å². The van der Waals surface area contributed by atoms with E-state index in [1.807, 2.05) is 31.2 Å². The zero-order chi connectivity index (χ0) is 21.9. The quantitative estimate of drug-likeness (QED) is 0.549. The van der Waals surface area contributed by atoms with E-state index in [9.17, 15) is 14.4 Å². The molecule has 0 spiro atoms. The van der Waals surface area contributed by atoms with Gasteiger partial charge < -0.3 is 20.1 Å². The Kier molecular flexibility index (Phi) is 9.15. The number of halogens is 1. The highest BCUT2D eigenvalue weighted by molar-refractivity contribution is 6.31. The number of aryl methyl sites for hydroxylation is 1. The molecule has 2 aromatic carbocycles. The number of methoxy groups -OCH3 is 1. The summed E-state index contributed by atoms with van der Waals surface area (Å²) in [6, 6.07) is 12.4. The van der Waals surface area contributed by atoms with Crippen molar-refractivity contribution in [2.24, 2.45) is 0 Å². The number of ether oxygens (including phenoxy) is 2. The first-order valence-electron chi connectivity index (χ1n) is 9.59. The molecule has 0 saturated carbocycles. The van der Waals surface area contributed by atoms with Gasteiger partial charge in [0.2, 0.25) is 5.91 Å². The van der Waals surface area contributed by atoms with Crippen LogP contribution in [0.2, 0.25) is 5.02 Å². The molecule has 0 radical (unpaired) electrons. The number of carbonyl (C=O) groups excluding carboxylic acids is 3. The third-order valence-electron chi connectivity index (χ3n) is 4.26. The molecule has 0 unspecified atom stereocenters. The summed E-state index contributed by atoms with van der Waals surface area (Å²) < 4.78 is 10.1. The molecule has 0 aliphatic rings. The van der Waals surface area contributed by atoms with Crippen LogP contribution in [-0.4, -0.2) is 31.5 Å². The van der Waals surface area contributed by atoms with Gasteiger partial charge >= 0.3 is 5.97 Å². The van der Waals surface area contributed by atoms with E-state index in [1.54, 1.807) is 12.1 Å². The van der Waals surface area contributed by atoms with Crippen molar-refractivity contribution in [2.45, 2.75) is 32.6 Å². The maximum atomic E-state index is 12.1. The van der Waals surface area contributed by atoms with Gasteiger partial charge in [-0.25, -0.2) is 0 Å². The third-order valence-corrected chi connectivity index (χ3v) is 4.49. The van der Waals surface area contributed by atoms with Crippen LogP contribution in [0.4, 0.5) is 11.4 Å². The molecule has 0 aromatic heterocycles. The van der Waals surface area contributed by atoms with E-state index < -0.39 is 18.5 Å². The molecule has 0 aliphatic heterocycles. The summed E-state index contributed by atoms with van der Waals surface area (Å²) >= 11 is 5.91. The van der Waals surface area contributed by atoms with Gasteiger partial charge in [0.1, 0.15) is 5.75 Å². The second-order valence-corrected chi connectivity index (χ2v) is 6.90. The number of nitrogens with one attached hydrogen (secondary N) is 2. The van der Waals surface area contributed by atoms with E-state index >= 15 is 0 Å². The SMILES string of the molecule is CCc1ccccc1NC(=O)CCCC(=O)OCC(=O)Nc1cc(Cl)ccc1OC. The summed E-state index contributed by atoms with van der Waals surface area (Å²) in [4.78, 5) is 35.9. The van der Waals surface area contributed by atoms with Crippen molar-refractivity contribution < 1.29 is 23.9 Å². The van der Waals surface area contributed by atoms with Gasteiger partial charge in [-0.15, -0.1) is 0 Å². The lowest BCUT2D eigenvalue weighted by molar-refractivity contribution is -0.147. The maximum Gasteiger partial charge on any atom is 0.306 e. The number of esters is 1. The number of amides is 2. The summed E-state index contributed by atoms with van der Waals surface area (Å²) in [7, 11) is 1.47. The van der Waals surface area contributed by atoms with Crippen LogP contribution in [0.25, 0.3) is 0 Å². The monoisotopic (exact) mass is 432 g/mol. The van der Waals surface area contributed by atoms with Crippen molar-refractivity contribution in [1.82, 2.24) is 0 Å².